The van der Waals surface area contributed by atoms with Crippen molar-refractivity contribution in [2.75, 3.05) is 6.61 Å². The Morgan fingerprint density at radius 1 is 0.971 bits per heavy atom. The zero-order valence-corrected chi connectivity index (χ0v) is 21.7. The van der Waals surface area contributed by atoms with Crippen LogP contribution in [0.3, 0.4) is 0 Å². The number of amides is 2. The Morgan fingerprint density at radius 3 is 2.23 bits per heavy atom. The molecule has 0 saturated carbocycles. The van der Waals surface area contributed by atoms with Crippen molar-refractivity contribution < 1.29 is 18.7 Å². The number of hydrogen-bond donors (Lipinski definition) is 1. The predicted octanol–water partition coefficient (Wildman–Crippen LogP) is 5.52. The number of halogens is 2. The molecule has 0 aliphatic carbocycles. The standard InChI is InChI=1S/C28H30BrFN2O3/c1-28(2,3)31-27(34)25(17-20-9-5-4-6-10-20)32(18-21-11-7-8-12-24(21)30)26(33)19-35-23-15-13-22(29)14-16-23/h4-16,25H,17-19H2,1-3H3,(H,31,34)/t25-/m1/s1. The molecular weight excluding hydrogens is 511 g/mol. The number of benzene rings is 3. The highest BCUT2D eigenvalue weighted by Crippen LogP contribution is 2.19. The SMILES string of the molecule is CC(C)(C)NC(=O)[C@@H](Cc1ccccc1)N(Cc1ccccc1F)C(=O)COc1ccc(Br)cc1. The first-order valence-corrected chi connectivity index (χ1v) is 12.2. The van der Waals surface area contributed by atoms with Crippen LogP contribution in [-0.4, -0.2) is 34.9 Å². The number of carbonyl (C=O) groups excluding carboxylic acids is 2. The van der Waals surface area contributed by atoms with Crippen molar-refractivity contribution in [3.63, 3.8) is 0 Å². The molecule has 3 rings (SSSR count). The van der Waals surface area contributed by atoms with Crippen LogP contribution in [0, 0.1) is 5.82 Å². The minimum absolute atomic E-state index is 0.0652. The van der Waals surface area contributed by atoms with Crippen LogP contribution in [0.25, 0.3) is 0 Å². The molecule has 0 aromatic heterocycles. The van der Waals surface area contributed by atoms with E-state index in [4.69, 9.17) is 4.74 Å². The molecule has 184 valence electrons. The molecule has 3 aromatic rings. The van der Waals surface area contributed by atoms with E-state index < -0.39 is 23.3 Å². The Morgan fingerprint density at radius 2 is 1.60 bits per heavy atom. The molecule has 35 heavy (non-hydrogen) atoms. The summed E-state index contributed by atoms with van der Waals surface area (Å²) >= 11 is 3.37. The molecule has 0 bridgehead atoms. The Kier molecular flexibility index (Phi) is 9.04. The maximum absolute atomic E-state index is 14.6. The first-order valence-electron chi connectivity index (χ1n) is 11.4. The molecule has 0 fully saturated rings. The predicted molar refractivity (Wildman–Crippen MR) is 138 cm³/mol. The Bertz CT molecular complexity index is 1130. The zero-order valence-electron chi connectivity index (χ0n) is 20.1. The molecule has 1 atom stereocenters. The van der Waals surface area contributed by atoms with E-state index in [1.165, 1.54) is 11.0 Å². The third-order valence-corrected chi connectivity index (χ3v) is 5.77. The van der Waals surface area contributed by atoms with Crippen molar-refractivity contribution in [2.24, 2.45) is 0 Å². The van der Waals surface area contributed by atoms with Gasteiger partial charge in [0.05, 0.1) is 0 Å². The largest absolute Gasteiger partial charge is 0.484 e. The molecule has 1 N–H and O–H groups in total. The van der Waals surface area contributed by atoms with Crippen LogP contribution in [0.4, 0.5) is 4.39 Å². The number of nitrogens with one attached hydrogen (secondary N) is 1. The molecular formula is C28H30BrFN2O3. The molecule has 2 amide bonds. The lowest BCUT2D eigenvalue weighted by molar-refractivity contribution is -0.143. The maximum Gasteiger partial charge on any atom is 0.261 e. The molecule has 0 heterocycles. The van der Waals surface area contributed by atoms with Crippen LogP contribution >= 0.6 is 15.9 Å². The number of ether oxygens (including phenoxy) is 1. The molecule has 3 aromatic carbocycles. The number of rotatable bonds is 9. The van der Waals surface area contributed by atoms with Gasteiger partial charge >= 0.3 is 0 Å². The third-order valence-electron chi connectivity index (χ3n) is 5.24. The highest BCUT2D eigenvalue weighted by molar-refractivity contribution is 9.10. The molecule has 0 aliphatic heterocycles. The second-order valence-corrected chi connectivity index (χ2v) is 10.2. The van der Waals surface area contributed by atoms with Crippen LogP contribution in [0.15, 0.2) is 83.3 Å². The molecule has 5 nitrogen and oxygen atoms in total. The van der Waals surface area contributed by atoms with Gasteiger partial charge in [0.15, 0.2) is 6.61 Å². The molecule has 0 spiro atoms. The molecule has 7 heteroatoms. The molecule has 0 unspecified atom stereocenters. The van der Waals surface area contributed by atoms with E-state index in [-0.39, 0.29) is 25.5 Å². The van der Waals surface area contributed by atoms with Gasteiger partial charge < -0.3 is 15.0 Å². The van der Waals surface area contributed by atoms with Crippen LogP contribution in [0.1, 0.15) is 31.9 Å². The maximum atomic E-state index is 14.6. The van der Waals surface area contributed by atoms with Crippen LogP contribution < -0.4 is 10.1 Å². The lowest BCUT2D eigenvalue weighted by Crippen LogP contribution is -2.55. The smallest absolute Gasteiger partial charge is 0.261 e. The molecule has 0 saturated heterocycles. The average molecular weight is 541 g/mol. The van der Waals surface area contributed by atoms with Crippen molar-refractivity contribution in [3.05, 3.63) is 100 Å². The van der Waals surface area contributed by atoms with Crippen molar-refractivity contribution in [3.8, 4) is 5.75 Å². The van der Waals surface area contributed by atoms with Gasteiger partial charge in [-0.25, -0.2) is 4.39 Å². The van der Waals surface area contributed by atoms with E-state index in [1.807, 2.05) is 63.2 Å². The van der Waals surface area contributed by atoms with E-state index in [9.17, 15) is 14.0 Å². The van der Waals surface area contributed by atoms with E-state index in [0.717, 1.165) is 10.0 Å². The monoisotopic (exact) mass is 540 g/mol. The van der Waals surface area contributed by atoms with E-state index in [1.54, 1.807) is 30.3 Å². The van der Waals surface area contributed by atoms with Crippen molar-refractivity contribution in [1.29, 1.82) is 0 Å². The number of hydrogen-bond acceptors (Lipinski definition) is 3. The summed E-state index contributed by atoms with van der Waals surface area (Å²) in [5.74, 6) is -0.643. The third kappa shape index (κ3) is 8.21. The minimum atomic E-state index is -0.864. The summed E-state index contributed by atoms with van der Waals surface area (Å²) in [4.78, 5) is 28.3. The van der Waals surface area contributed by atoms with Gasteiger partial charge in [0.1, 0.15) is 17.6 Å². The van der Waals surface area contributed by atoms with Gasteiger partial charge in [0.2, 0.25) is 5.91 Å². The van der Waals surface area contributed by atoms with Gasteiger partial charge in [-0.2, -0.15) is 0 Å². The summed E-state index contributed by atoms with van der Waals surface area (Å²) in [5, 5.41) is 2.98. The molecule has 0 aliphatic rings. The summed E-state index contributed by atoms with van der Waals surface area (Å²) in [6, 6.07) is 22.0. The zero-order chi connectivity index (χ0) is 25.4. The second-order valence-electron chi connectivity index (χ2n) is 9.30. The van der Waals surface area contributed by atoms with Gasteiger partial charge in [-0.15, -0.1) is 0 Å². The normalized spacial score (nSPS) is 12.0. The van der Waals surface area contributed by atoms with Crippen molar-refractivity contribution in [2.45, 2.75) is 45.3 Å². The summed E-state index contributed by atoms with van der Waals surface area (Å²) in [6.45, 7) is 5.28. The van der Waals surface area contributed by atoms with Crippen molar-refractivity contribution >= 4 is 27.7 Å². The fourth-order valence-electron chi connectivity index (χ4n) is 3.58. The summed E-state index contributed by atoms with van der Waals surface area (Å²) in [6.07, 6.45) is 0.279. The van der Waals surface area contributed by atoms with Gasteiger partial charge in [-0.3, -0.25) is 9.59 Å². The second kappa shape index (κ2) is 12.0. The van der Waals surface area contributed by atoms with Gasteiger partial charge in [0, 0.05) is 28.5 Å². The van der Waals surface area contributed by atoms with Crippen molar-refractivity contribution in [1.82, 2.24) is 10.2 Å². The lowest BCUT2D eigenvalue weighted by Gasteiger charge is -2.33. The van der Waals surface area contributed by atoms with Gasteiger partial charge in [0.25, 0.3) is 5.91 Å². The quantitative estimate of drug-likeness (QED) is 0.388. The topological polar surface area (TPSA) is 58.6 Å². The average Bonchev–Trinajstić information content (AvgIpc) is 2.81. The van der Waals surface area contributed by atoms with Crippen LogP contribution in [0.2, 0.25) is 0 Å². The van der Waals surface area contributed by atoms with Gasteiger partial charge in [-0.1, -0.05) is 64.5 Å². The van der Waals surface area contributed by atoms with E-state index in [0.29, 0.717) is 11.3 Å². The first-order chi connectivity index (χ1) is 16.6. The Balaban J connectivity index is 1.93. The Hall–Kier alpha value is -3.19. The fraction of sp³-hybridized carbons (Fsp3) is 0.286. The minimum Gasteiger partial charge on any atom is -0.484 e. The summed E-state index contributed by atoms with van der Waals surface area (Å²) in [5.41, 5.74) is 0.708. The number of nitrogens with zero attached hydrogens (tertiary/aromatic N) is 1. The molecule has 0 radical (unpaired) electrons. The summed E-state index contributed by atoms with van der Waals surface area (Å²) < 4.78 is 21.2. The Labute approximate surface area is 214 Å². The highest BCUT2D eigenvalue weighted by Gasteiger charge is 2.32. The van der Waals surface area contributed by atoms with E-state index in [2.05, 4.69) is 21.2 Å². The van der Waals surface area contributed by atoms with Crippen LogP contribution in [0.5, 0.6) is 5.75 Å². The van der Waals surface area contributed by atoms with E-state index >= 15 is 0 Å². The first kappa shape index (κ1) is 26.4. The van der Waals surface area contributed by atoms with Crippen LogP contribution in [-0.2, 0) is 22.6 Å². The lowest BCUT2D eigenvalue weighted by atomic mass is 10.0. The fourth-order valence-corrected chi connectivity index (χ4v) is 3.84. The number of carbonyl (C=O) groups is 2. The van der Waals surface area contributed by atoms with Gasteiger partial charge in [-0.05, 0) is 56.7 Å². The summed E-state index contributed by atoms with van der Waals surface area (Å²) in [7, 11) is 0. The highest BCUT2D eigenvalue weighted by atomic mass is 79.9.